The number of ether oxygens (including phenoxy) is 1. The van der Waals surface area contributed by atoms with Crippen LogP contribution >= 0.6 is 0 Å². The van der Waals surface area contributed by atoms with Gasteiger partial charge in [0.1, 0.15) is 0 Å². The fourth-order valence-corrected chi connectivity index (χ4v) is 3.85. The molecule has 5 nitrogen and oxygen atoms in total. The zero-order chi connectivity index (χ0) is 17.8. The highest BCUT2D eigenvalue weighted by Gasteiger charge is 2.27. The van der Waals surface area contributed by atoms with Gasteiger partial charge in [-0.25, -0.2) is 0 Å². The second-order valence-corrected chi connectivity index (χ2v) is 7.12. The van der Waals surface area contributed by atoms with Gasteiger partial charge in [-0.3, -0.25) is 9.78 Å². The Bertz CT molecular complexity index is 727. The third-order valence-corrected chi connectivity index (χ3v) is 5.31. The van der Waals surface area contributed by atoms with Gasteiger partial charge >= 0.3 is 0 Å². The Labute approximate surface area is 154 Å². The molecule has 1 aromatic carbocycles. The Hall–Kier alpha value is -2.40. The van der Waals surface area contributed by atoms with E-state index in [2.05, 4.69) is 28.1 Å². The number of amides is 1. The summed E-state index contributed by atoms with van der Waals surface area (Å²) in [4.78, 5) is 21.3. The number of hydrogen-bond acceptors (Lipinski definition) is 4. The van der Waals surface area contributed by atoms with Crippen molar-refractivity contribution in [2.24, 2.45) is 5.92 Å². The van der Waals surface area contributed by atoms with E-state index in [1.165, 1.54) is 11.3 Å². The van der Waals surface area contributed by atoms with Crippen LogP contribution in [-0.4, -0.2) is 55.2 Å². The van der Waals surface area contributed by atoms with E-state index in [1.54, 1.807) is 6.20 Å². The number of benzene rings is 1. The van der Waals surface area contributed by atoms with Crippen molar-refractivity contribution in [1.82, 2.24) is 9.88 Å². The minimum atomic E-state index is 0.146. The monoisotopic (exact) mass is 351 g/mol. The first kappa shape index (κ1) is 17.0. The molecule has 0 aliphatic carbocycles. The lowest BCUT2D eigenvalue weighted by Crippen LogP contribution is -2.36. The van der Waals surface area contributed by atoms with Crippen LogP contribution in [0.3, 0.4) is 0 Å². The SMILES string of the molecule is O=C(c1ccc(N2CCOCC2)cc1)N1CCC(Cc2cccnc2)C1. The molecule has 2 saturated heterocycles. The number of carbonyl (C=O) groups excluding carboxylic acids is 1. The summed E-state index contributed by atoms with van der Waals surface area (Å²) in [7, 11) is 0. The lowest BCUT2D eigenvalue weighted by molar-refractivity contribution is 0.0787. The van der Waals surface area contributed by atoms with Crippen molar-refractivity contribution in [3.05, 3.63) is 59.9 Å². The summed E-state index contributed by atoms with van der Waals surface area (Å²) >= 11 is 0. The Morgan fingerprint density at radius 3 is 2.65 bits per heavy atom. The fraction of sp³-hybridized carbons (Fsp3) is 0.429. The summed E-state index contributed by atoms with van der Waals surface area (Å²) in [5, 5.41) is 0. The highest BCUT2D eigenvalue weighted by atomic mass is 16.5. The van der Waals surface area contributed by atoms with E-state index in [-0.39, 0.29) is 5.91 Å². The third kappa shape index (κ3) is 3.88. The lowest BCUT2D eigenvalue weighted by Gasteiger charge is -2.29. The summed E-state index contributed by atoms with van der Waals surface area (Å²) < 4.78 is 5.40. The predicted molar refractivity (Wildman–Crippen MR) is 101 cm³/mol. The van der Waals surface area contributed by atoms with E-state index in [0.717, 1.165) is 57.8 Å². The molecule has 1 atom stereocenters. The number of nitrogens with zero attached hydrogens (tertiary/aromatic N) is 3. The molecule has 0 saturated carbocycles. The van der Waals surface area contributed by atoms with Gasteiger partial charge in [0.25, 0.3) is 5.91 Å². The average Bonchev–Trinajstić information content (AvgIpc) is 3.17. The summed E-state index contributed by atoms with van der Waals surface area (Å²) in [6.07, 6.45) is 5.78. The maximum absolute atomic E-state index is 12.8. The van der Waals surface area contributed by atoms with Crippen molar-refractivity contribution >= 4 is 11.6 Å². The van der Waals surface area contributed by atoms with Crippen LogP contribution in [0.1, 0.15) is 22.3 Å². The standard InChI is InChI=1S/C21H25N3O2/c25-21(19-3-5-20(6-4-19)23-10-12-26-13-11-23)24-9-7-18(16-24)14-17-2-1-8-22-15-17/h1-6,8,15,18H,7,9-14,16H2. The highest BCUT2D eigenvalue weighted by Crippen LogP contribution is 2.23. The fourth-order valence-electron chi connectivity index (χ4n) is 3.85. The number of carbonyl (C=O) groups is 1. The van der Waals surface area contributed by atoms with Crippen LogP contribution in [0.2, 0.25) is 0 Å². The molecule has 1 amide bonds. The summed E-state index contributed by atoms with van der Waals surface area (Å²) in [5.41, 5.74) is 3.20. The molecule has 2 fully saturated rings. The maximum atomic E-state index is 12.8. The van der Waals surface area contributed by atoms with Gasteiger partial charge in [0.2, 0.25) is 0 Å². The molecule has 3 heterocycles. The van der Waals surface area contributed by atoms with Crippen LogP contribution in [0.4, 0.5) is 5.69 Å². The zero-order valence-electron chi connectivity index (χ0n) is 15.0. The molecule has 26 heavy (non-hydrogen) atoms. The van der Waals surface area contributed by atoms with E-state index in [1.807, 2.05) is 29.3 Å². The average molecular weight is 351 g/mol. The number of pyridine rings is 1. The van der Waals surface area contributed by atoms with Gasteiger partial charge in [0.05, 0.1) is 13.2 Å². The van der Waals surface area contributed by atoms with Gasteiger partial charge in [0.15, 0.2) is 0 Å². The predicted octanol–water partition coefficient (Wildman–Crippen LogP) is 2.62. The molecule has 136 valence electrons. The van der Waals surface area contributed by atoms with Gasteiger partial charge in [-0.2, -0.15) is 0 Å². The molecule has 1 aromatic heterocycles. The van der Waals surface area contributed by atoms with Crippen molar-refractivity contribution in [2.75, 3.05) is 44.3 Å². The maximum Gasteiger partial charge on any atom is 0.253 e. The molecule has 0 radical (unpaired) electrons. The molecular formula is C21H25N3O2. The number of likely N-dealkylation sites (tertiary alicyclic amines) is 1. The van der Waals surface area contributed by atoms with Crippen molar-refractivity contribution in [3.8, 4) is 0 Å². The van der Waals surface area contributed by atoms with Gasteiger partial charge in [-0.05, 0) is 54.7 Å². The molecule has 2 aliphatic rings. The van der Waals surface area contributed by atoms with Crippen LogP contribution in [-0.2, 0) is 11.2 Å². The van der Waals surface area contributed by atoms with E-state index >= 15 is 0 Å². The number of aromatic nitrogens is 1. The number of rotatable bonds is 4. The minimum absolute atomic E-state index is 0.146. The smallest absolute Gasteiger partial charge is 0.253 e. The second kappa shape index (κ2) is 7.87. The molecule has 0 bridgehead atoms. The van der Waals surface area contributed by atoms with Crippen LogP contribution in [0.25, 0.3) is 0 Å². The Kier molecular flexibility index (Phi) is 5.16. The van der Waals surface area contributed by atoms with Crippen LogP contribution < -0.4 is 4.90 Å². The van der Waals surface area contributed by atoms with Crippen molar-refractivity contribution < 1.29 is 9.53 Å². The first-order valence-corrected chi connectivity index (χ1v) is 9.40. The summed E-state index contributed by atoms with van der Waals surface area (Å²) in [6, 6.07) is 12.1. The van der Waals surface area contributed by atoms with Gasteiger partial charge < -0.3 is 14.5 Å². The van der Waals surface area contributed by atoms with E-state index < -0.39 is 0 Å². The molecule has 5 heteroatoms. The van der Waals surface area contributed by atoms with Crippen LogP contribution in [0.5, 0.6) is 0 Å². The highest BCUT2D eigenvalue weighted by molar-refractivity contribution is 5.94. The van der Waals surface area contributed by atoms with Crippen LogP contribution in [0.15, 0.2) is 48.8 Å². The van der Waals surface area contributed by atoms with E-state index in [9.17, 15) is 4.79 Å². The Balaban J connectivity index is 1.35. The normalized spacial score (nSPS) is 20.4. The largest absolute Gasteiger partial charge is 0.378 e. The van der Waals surface area contributed by atoms with E-state index in [0.29, 0.717) is 5.92 Å². The molecular weight excluding hydrogens is 326 g/mol. The lowest BCUT2D eigenvalue weighted by atomic mass is 10.00. The first-order chi connectivity index (χ1) is 12.8. The zero-order valence-corrected chi connectivity index (χ0v) is 15.0. The van der Waals surface area contributed by atoms with Crippen molar-refractivity contribution in [2.45, 2.75) is 12.8 Å². The third-order valence-electron chi connectivity index (χ3n) is 5.31. The number of hydrogen-bond donors (Lipinski definition) is 0. The van der Waals surface area contributed by atoms with Gasteiger partial charge in [-0.15, -0.1) is 0 Å². The van der Waals surface area contributed by atoms with Crippen molar-refractivity contribution in [3.63, 3.8) is 0 Å². The molecule has 0 spiro atoms. The number of anilines is 1. The van der Waals surface area contributed by atoms with Gasteiger partial charge in [-0.1, -0.05) is 6.07 Å². The van der Waals surface area contributed by atoms with Gasteiger partial charge in [0, 0.05) is 49.8 Å². The molecule has 2 aliphatic heterocycles. The minimum Gasteiger partial charge on any atom is -0.378 e. The van der Waals surface area contributed by atoms with Crippen molar-refractivity contribution in [1.29, 1.82) is 0 Å². The number of morpholine rings is 1. The summed E-state index contributed by atoms with van der Waals surface area (Å²) in [5.74, 6) is 0.669. The Morgan fingerprint density at radius 2 is 1.92 bits per heavy atom. The Morgan fingerprint density at radius 1 is 1.12 bits per heavy atom. The molecule has 0 N–H and O–H groups in total. The topological polar surface area (TPSA) is 45.7 Å². The molecule has 2 aromatic rings. The molecule has 4 rings (SSSR count). The first-order valence-electron chi connectivity index (χ1n) is 9.40. The summed E-state index contributed by atoms with van der Waals surface area (Å²) in [6.45, 7) is 5.04. The van der Waals surface area contributed by atoms with E-state index in [4.69, 9.17) is 4.74 Å². The quantitative estimate of drug-likeness (QED) is 0.849. The van der Waals surface area contributed by atoms with Crippen LogP contribution in [0, 0.1) is 5.92 Å². The molecule has 1 unspecified atom stereocenters. The second-order valence-electron chi connectivity index (χ2n) is 7.12.